The first-order chi connectivity index (χ1) is 7.68. The molecule has 0 N–H and O–H groups in total. The van der Waals surface area contributed by atoms with Gasteiger partial charge in [0.15, 0.2) is 0 Å². The van der Waals surface area contributed by atoms with E-state index >= 15 is 0 Å². The zero-order valence-corrected chi connectivity index (χ0v) is 10.8. The molecule has 1 fully saturated rings. The molecule has 1 aliphatic heterocycles. The zero-order chi connectivity index (χ0) is 11.5. The minimum Gasteiger partial charge on any atom is -0.378 e. The Bertz CT molecular complexity index is 400. The Kier molecular flexibility index (Phi) is 3.61. The quantitative estimate of drug-likeness (QED) is 0.791. The molecule has 0 saturated carbocycles. The van der Waals surface area contributed by atoms with Crippen molar-refractivity contribution in [2.75, 3.05) is 26.3 Å². The zero-order valence-electron chi connectivity index (χ0n) is 9.20. The van der Waals surface area contributed by atoms with Gasteiger partial charge in [0.05, 0.1) is 18.8 Å². The van der Waals surface area contributed by atoms with Gasteiger partial charge in [0.1, 0.15) is 0 Å². The summed E-state index contributed by atoms with van der Waals surface area (Å²) in [6.07, 6.45) is 0. The molecule has 1 aliphatic rings. The van der Waals surface area contributed by atoms with Gasteiger partial charge >= 0.3 is 0 Å². The van der Waals surface area contributed by atoms with Gasteiger partial charge in [0, 0.05) is 17.6 Å². The summed E-state index contributed by atoms with van der Waals surface area (Å²) in [7, 11) is 0. The molecule has 0 atom stereocenters. The van der Waals surface area contributed by atoms with Gasteiger partial charge < -0.3 is 9.64 Å². The van der Waals surface area contributed by atoms with E-state index in [2.05, 4.69) is 15.9 Å². The number of halogens is 1. The van der Waals surface area contributed by atoms with Gasteiger partial charge in [0.25, 0.3) is 5.91 Å². The number of hydrogen-bond acceptors (Lipinski definition) is 2. The molecule has 1 saturated heterocycles. The van der Waals surface area contributed by atoms with Gasteiger partial charge in [-0.05, 0) is 40.5 Å². The van der Waals surface area contributed by atoms with Crippen molar-refractivity contribution >= 4 is 21.8 Å². The van der Waals surface area contributed by atoms with Crippen LogP contribution in [0.2, 0.25) is 0 Å². The van der Waals surface area contributed by atoms with E-state index in [4.69, 9.17) is 4.74 Å². The van der Waals surface area contributed by atoms with Crippen molar-refractivity contribution in [1.29, 1.82) is 0 Å². The lowest BCUT2D eigenvalue weighted by Gasteiger charge is -2.27. The third kappa shape index (κ3) is 2.44. The van der Waals surface area contributed by atoms with Crippen LogP contribution in [0.1, 0.15) is 15.9 Å². The van der Waals surface area contributed by atoms with E-state index in [1.54, 1.807) is 0 Å². The highest BCUT2D eigenvalue weighted by molar-refractivity contribution is 9.10. The smallest absolute Gasteiger partial charge is 0.255 e. The van der Waals surface area contributed by atoms with Gasteiger partial charge in [-0.25, -0.2) is 0 Å². The molecule has 0 spiro atoms. The Morgan fingerprint density at radius 1 is 1.38 bits per heavy atom. The number of ether oxygens (including phenoxy) is 1. The van der Waals surface area contributed by atoms with E-state index in [-0.39, 0.29) is 5.91 Å². The fraction of sp³-hybridized carbons (Fsp3) is 0.417. The maximum atomic E-state index is 12.2. The number of nitrogens with zero attached hydrogens (tertiary/aromatic N) is 1. The number of benzene rings is 1. The highest BCUT2D eigenvalue weighted by Crippen LogP contribution is 2.20. The van der Waals surface area contributed by atoms with Crippen LogP contribution < -0.4 is 0 Å². The molecule has 1 heterocycles. The molecule has 16 heavy (non-hydrogen) atoms. The number of carbonyl (C=O) groups is 1. The molecule has 4 heteroatoms. The summed E-state index contributed by atoms with van der Waals surface area (Å²) < 4.78 is 6.09. The number of carbonyl (C=O) groups excluding carboxylic acids is 1. The Balaban J connectivity index is 2.19. The summed E-state index contributed by atoms with van der Waals surface area (Å²) >= 11 is 3.44. The molecule has 0 bridgehead atoms. The summed E-state index contributed by atoms with van der Waals surface area (Å²) in [6.45, 7) is 4.64. The standard InChI is InChI=1S/C12H14BrNO2/c1-9-2-3-10(11(13)8-9)12(15)14-4-6-16-7-5-14/h2-3,8H,4-7H2,1H3. The van der Waals surface area contributed by atoms with Crippen molar-refractivity contribution in [3.8, 4) is 0 Å². The van der Waals surface area contributed by atoms with E-state index in [1.165, 1.54) is 0 Å². The van der Waals surface area contributed by atoms with E-state index in [9.17, 15) is 4.79 Å². The van der Waals surface area contributed by atoms with Crippen molar-refractivity contribution in [2.24, 2.45) is 0 Å². The van der Waals surface area contributed by atoms with Crippen molar-refractivity contribution < 1.29 is 9.53 Å². The maximum Gasteiger partial charge on any atom is 0.255 e. The van der Waals surface area contributed by atoms with E-state index in [0.29, 0.717) is 26.3 Å². The van der Waals surface area contributed by atoms with E-state index in [0.717, 1.165) is 15.6 Å². The topological polar surface area (TPSA) is 29.5 Å². The number of hydrogen-bond donors (Lipinski definition) is 0. The van der Waals surface area contributed by atoms with Crippen LogP contribution in [0.4, 0.5) is 0 Å². The SMILES string of the molecule is Cc1ccc(C(=O)N2CCOCC2)c(Br)c1. The second kappa shape index (κ2) is 4.97. The molecule has 0 aliphatic carbocycles. The molecule has 0 aromatic heterocycles. The molecule has 0 radical (unpaired) electrons. The largest absolute Gasteiger partial charge is 0.378 e. The average Bonchev–Trinajstić information content (AvgIpc) is 2.29. The minimum absolute atomic E-state index is 0.0789. The Morgan fingerprint density at radius 3 is 2.69 bits per heavy atom. The molecule has 1 aromatic rings. The van der Waals surface area contributed by atoms with Crippen LogP contribution >= 0.6 is 15.9 Å². The van der Waals surface area contributed by atoms with Crippen LogP contribution in [0.5, 0.6) is 0 Å². The fourth-order valence-corrected chi connectivity index (χ4v) is 2.39. The summed E-state index contributed by atoms with van der Waals surface area (Å²) in [6, 6.07) is 5.79. The molecule has 86 valence electrons. The number of morpholine rings is 1. The van der Waals surface area contributed by atoms with Crippen LogP contribution in [-0.4, -0.2) is 37.1 Å². The van der Waals surface area contributed by atoms with Gasteiger partial charge in [0.2, 0.25) is 0 Å². The van der Waals surface area contributed by atoms with Gasteiger partial charge in [-0.15, -0.1) is 0 Å². The van der Waals surface area contributed by atoms with Crippen LogP contribution in [0.25, 0.3) is 0 Å². The molecule has 0 unspecified atom stereocenters. The van der Waals surface area contributed by atoms with E-state index in [1.807, 2.05) is 30.0 Å². The van der Waals surface area contributed by atoms with Gasteiger partial charge in [-0.2, -0.15) is 0 Å². The second-order valence-corrected chi connectivity index (χ2v) is 4.74. The molecule has 1 aromatic carbocycles. The van der Waals surface area contributed by atoms with Crippen LogP contribution in [-0.2, 0) is 4.74 Å². The molecule has 1 amide bonds. The summed E-state index contributed by atoms with van der Waals surface area (Å²) in [4.78, 5) is 14.0. The summed E-state index contributed by atoms with van der Waals surface area (Å²) in [5.41, 5.74) is 1.87. The van der Waals surface area contributed by atoms with Crippen LogP contribution in [0.15, 0.2) is 22.7 Å². The van der Waals surface area contributed by atoms with Crippen molar-refractivity contribution in [3.63, 3.8) is 0 Å². The predicted molar refractivity (Wildman–Crippen MR) is 65.6 cm³/mol. The number of aryl methyl sites for hydroxylation is 1. The van der Waals surface area contributed by atoms with Crippen LogP contribution in [0.3, 0.4) is 0 Å². The summed E-state index contributed by atoms with van der Waals surface area (Å²) in [5.74, 6) is 0.0789. The van der Waals surface area contributed by atoms with Crippen LogP contribution in [0, 0.1) is 6.92 Å². The second-order valence-electron chi connectivity index (χ2n) is 3.89. The highest BCUT2D eigenvalue weighted by Gasteiger charge is 2.20. The van der Waals surface area contributed by atoms with Crippen molar-refractivity contribution in [1.82, 2.24) is 4.90 Å². The first kappa shape index (κ1) is 11.6. The Labute approximate surface area is 104 Å². The first-order valence-corrected chi connectivity index (χ1v) is 6.11. The normalized spacial score (nSPS) is 16.2. The van der Waals surface area contributed by atoms with Gasteiger partial charge in [-0.1, -0.05) is 6.07 Å². The minimum atomic E-state index is 0.0789. The van der Waals surface area contributed by atoms with Gasteiger partial charge in [-0.3, -0.25) is 4.79 Å². The average molecular weight is 284 g/mol. The number of amides is 1. The maximum absolute atomic E-state index is 12.2. The lowest BCUT2D eigenvalue weighted by Crippen LogP contribution is -2.40. The Morgan fingerprint density at radius 2 is 2.06 bits per heavy atom. The lowest BCUT2D eigenvalue weighted by molar-refractivity contribution is 0.0302. The molecule has 3 nitrogen and oxygen atoms in total. The lowest BCUT2D eigenvalue weighted by atomic mass is 10.1. The molecule has 2 rings (SSSR count). The van der Waals surface area contributed by atoms with Crippen molar-refractivity contribution in [2.45, 2.75) is 6.92 Å². The predicted octanol–water partition coefficient (Wildman–Crippen LogP) is 2.23. The molecular formula is C12H14BrNO2. The first-order valence-electron chi connectivity index (χ1n) is 5.31. The third-order valence-electron chi connectivity index (χ3n) is 2.65. The summed E-state index contributed by atoms with van der Waals surface area (Å²) in [5, 5.41) is 0. The monoisotopic (exact) mass is 283 g/mol. The number of rotatable bonds is 1. The van der Waals surface area contributed by atoms with Crippen molar-refractivity contribution in [3.05, 3.63) is 33.8 Å². The Hall–Kier alpha value is -0.870. The van der Waals surface area contributed by atoms with E-state index < -0.39 is 0 Å². The third-order valence-corrected chi connectivity index (χ3v) is 3.31. The fourth-order valence-electron chi connectivity index (χ4n) is 1.73. The highest BCUT2D eigenvalue weighted by atomic mass is 79.9. The molecular weight excluding hydrogens is 270 g/mol.